The highest BCUT2D eigenvalue weighted by atomic mass is 35.5. The number of thiophene rings is 1. The van der Waals surface area contributed by atoms with E-state index in [0.717, 1.165) is 61.3 Å². The standard InChI is InChI=1S/C28H33ClN8O3S2/c29-23-3-2-22-16-27(41-24(22)17-23)42(39,40)37-15-14-36(26(38)19-37)18-21-5-11-35(12-6-21)25-4-8-32-28(33-25)31-7-1-10-34-13-9-30-20-34/h2-4,8-9,13,16-17,20-21H,1,5-7,10-12,14-15,18-19H2,(H,31,32,33). The monoisotopic (exact) mass is 628 g/mol. The molecule has 0 bridgehead atoms. The number of fused-ring (bicyclic) bond motifs is 1. The van der Waals surface area contributed by atoms with Crippen LogP contribution < -0.4 is 10.2 Å². The van der Waals surface area contributed by atoms with Crippen molar-refractivity contribution in [1.29, 1.82) is 0 Å². The van der Waals surface area contributed by atoms with Gasteiger partial charge in [-0.2, -0.15) is 9.29 Å². The fraction of sp³-hybridized carbons (Fsp3) is 0.429. The van der Waals surface area contributed by atoms with Gasteiger partial charge in [0.05, 0.1) is 12.9 Å². The molecule has 2 aliphatic heterocycles. The van der Waals surface area contributed by atoms with Gasteiger partial charge in [-0.05, 0) is 54.8 Å². The Morgan fingerprint density at radius 2 is 1.93 bits per heavy atom. The Morgan fingerprint density at radius 1 is 1.07 bits per heavy atom. The first-order valence-electron chi connectivity index (χ1n) is 14.1. The predicted octanol–water partition coefficient (Wildman–Crippen LogP) is 3.79. The molecule has 5 heterocycles. The van der Waals surface area contributed by atoms with Gasteiger partial charge in [0.2, 0.25) is 11.9 Å². The fourth-order valence-electron chi connectivity index (χ4n) is 5.47. The first-order valence-corrected chi connectivity index (χ1v) is 16.7. The third-order valence-corrected chi connectivity index (χ3v) is 11.5. The van der Waals surface area contributed by atoms with Crippen LogP contribution in [0.2, 0.25) is 5.02 Å². The Labute approximate surface area is 254 Å². The molecule has 6 rings (SSSR count). The van der Waals surface area contributed by atoms with E-state index in [9.17, 15) is 13.2 Å². The van der Waals surface area contributed by atoms with E-state index in [4.69, 9.17) is 16.6 Å². The lowest BCUT2D eigenvalue weighted by Crippen LogP contribution is -2.53. The third kappa shape index (κ3) is 6.54. The highest BCUT2D eigenvalue weighted by molar-refractivity contribution is 7.91. The van der Waals surface area contributed by atoms with E-state index in [1.807, 2.05) is 34.1 Å². The number of nitrogens with zero attached hydrogens (tertiary/aromatic N) is 7. The second kappa shape index (κ2) is 12.5. The molecule has 14 heteroatoms. The quantitative estimate of drug-likeness (QED) is 0.264. The number of hydrogen-bond acceptors (Lipinski definition) is 9. The molecule has 2 fully saturated rings. The van der Waals surface area contributed by atoms with Gasteiger partial charge in [-0.3, -0.25) is 4.79 Å². The van der Waals surface area contributed by atoms with Gasteiger partial charge in [0.15, 0.2) is 0 Å². The fourth-order valence-corrected chi connectivity index (χ4v) is 8.68. The number of carbonyl (C=O) groups is 1. The zero-order valence-corrected chi connectivity index (χ0v) is 25.5. The molecule has 1 aromatic carbocycles. The van der Waals surface area contributed by atoms with Gasteiger partial charge in [-0.25, -0.2) is 18.4 Å². The number of anilines is 2. The summed E-state index contributed by atoms with van der Waals surface area (Å²) in [6.07, 6.45) is 10.1. The van der Waals surface area contributed by atoms with Crippen molar-refractivity contribution in [2.75, 3.05) is 56.0 Å². The molecule has 222 valence electrons. The first kappa shape index (κ1) is 28.8. The van der Waals surface area contributed by atoms with E-state index in [2.05, 4.69) is 20.2 Å². The van der Waals surface area contributed by atoms with Gasteiger partial charge in [0.1, 0.15) is 10.0 Å². The highest BCUT2D eigenvalue weighted by Crippen LogP contribution is 2.33. The maximum atomic E-state index is 13.3. The number of imidazole rings is 1. The van der Waals surface area contributed by atoms with Crippen LogP contribution in [0.15, 0.2) is 59.5 Å². The lowest BCUT2D eigenvalue weighted by Gasteiger charge is -2.38. The van der Waals surface area contributed by atoms with E-state index in [0.29, 0.717) is 36.5 Å². The van der Waals surface area contributed by atoms with Crippen molar-refractivity contribution in [3.8, 4) is 0 Å². The molecule has 0 saturated carbocycles. The molecule has 42 heavy (non-hydrogen) atoms. The first-order chi connectivity index (χ1) is 20.3. The number of amides is 1. The summed E-state index contributed by atoms with van der Waals surface area (Å²) in [5.74, 6) is 1.75. The minimum absolute atomic E-state index is 0.130. The van der Waals surface area contributed by atoms with Crippen LogP contribution in [0.5, 0.6) is 0 Å². The Bertz CT molecular complexity index is 1640. The summed E-state index contributed by atoms with van der Waals surface area (Å²) in [7, 11) is -3.75. The van der Waals surface area contributed by atoms with Crippen LogP contribution in [0.4, 0.5) is 11.8 Å². The molecule has 0 aliphatic carbocycles. The minimum Gasteiger partial charge on any atom is -0.356 e. The van der Waals surface area contributed by atoms with Crippen molar-refractivity contribution in [3.63, 3.8) is 0 Å². The number of nitrogens with one attached hydrogen (secondary N) is 1. The smallest absolute Gasteiger partial charge is 0.253 e. The number of piperidine rings is 1. The van der Waals surface area contributed by atoms with Crippen LogP contribution in [0.3, 0.4) is 0 Å². The molecule has 2 saturated heterocycles. The van der Waals surface area contributed by atoms with Gasteiger partial charge in [0.25, 0.3) is 10.0 Å². The van der Waals surface area contributed by atoms with E-state index in [1.54, 1.807) is 30.6 Å². The maximum Gasteiger partial charge on any atom is 0.253 e. The molecule has 0 atom stereocenters. The Morgan fingerprint density at radius 3 is 2.71 bits per heavy atom. The summed E-state index contributed by atoms with van der Waals surface area (Å²) in [6, 6.07) is 8.92. The van der Waals surface area contributed by atoms with Gasteiger partial charge < -0.3 is 19.7 Å². The van der Waals surface area contributed by atoms with Crippen LogP contribution in [0.25, 0.3) is 10.1 Å². The number of hydrogen-bond donors (Lipinski definition) is 1. The van der Waals surface area contributed by atoms with Crippen molar-refractivity contribution in [2.24, 2.45) is 5.92 Å². The van der Waals surface area contributed by atoms with Crippen molar-refractivity contribution in [2.45, 2.75) is 30.0 Å². The molecule has 1 N–H and O–H groups in total. The molecular formula is C28H33ClN8O3S2. The van der Waals surface area contributed by atoms with E-state index >= 15 is 0 Å². The van der Waals surface area contributed by atoms with Crippen LogP contribution in [0.1, 0.15) is 19.3 Å². The molecular weight excluding hydrogens is 596 g/mol. The molecule has 4 aromatic rings. The summed E-state index contributed by atoms with van der Waals surface area (Å²) in [4.78, 5) is 30.3. The summed E-state index contributed by atoms with van der Waals surface area (Å²) < 4.78 is 31.0. The van der Waals surface area contributed by atoms with E-state index in [1.165, 1.54) is 15.6 Å². The lowest BCUT2D eigenvalue weighted by atomic mass is 9.96. The van der Waals surface area contributed by atoms with Gasteiger partial charge in [-0.1, -0.05) is 17.7 Å². The second-order valence-electron chi connectivity index (χ2n) is 10.7. The number of aromatic nitrogens is 4. The lowest BCUT2D eigenvalue weighted by molar-refractivity contribution is -0.134. The second-order valence-corrected chi connectivity index (χ2v) is 14.4. The number of carbonyl (C=O) groups excluding carboxylic acids is 1. The summed E-state index contributed by atoms with van der Waals surface area (Å²) in [6.45, 7) is 4.56. The van der Waals surface area contributed by atoms with Crippen molar-refractivity contribution < 1.29 is 13.2 Å². The SMILES string of the molecule is O=C1CN(S(=O)(=O)c2cc3ccc(Cl)cc3s2)CCN1CC1CCN(c2ccnc(NCCCn3ccnc3)n2)CC1. The van der Waals surface area contributed by atoms with Gasteiger partial charge >= 0.3 is 0 Å². The molecule has 0 spiro atoms. The average molecular weight is 629 g/mol. The molecule has 0 radical (unpaired) electrons. The van der Waals surface area contributed by atoms with Crippen LogP contribution >= 0.6 is 22.9 Å². The van der Waals surface area contributed by atoms with Crippen LogP contribution in [-0.4, -0.2) is 88.9 Å². The molecule has 11 nitrogen and oxygen atoms in total. The topological polar surface area (TPSA) is 117 Å². The number of aryl methyl sites for hydroxylation is 1. The van der Waals surface area contributed by atoms with Crippen molar-refractivity contribution >= 4 is 60.7 Å². The average Bonchev–Trinajstić information content (AvgIpc) is 3.67. The van der Waals surface area contributed by atoms with Crippen LogP contribution in [0, 0.1) is 5.92 Å². The van der Waals surface area contributed by atoms with E-state index < -0.39 is 10.0 Å². The van der Waals surface area contributed by atoms with E-state index in [-0.39, 0.29) is 16.7 Å². The largest absolute Gasteiger partial charge is 0.356 e. The molecule has 2 aliphatic rings. The summed E-state index contributed by atoms with van der Waals surface area (Å²) in [5, 5.41) is 4.70. The summed E-state index contributed by atoms with van der Waals surface area (Å²) >= 11 is 7.26. The zero-order valence-electron chi connectivity index (χ0n) is 23.1. The maximum absolute atomic E-state index is 13.3. The number of rotatable bonds is 10. The van der Waals surface area contributed by atoms with Gasteiger partial charge in [-0.15, -0.1) is 11.3 Å². The number of halogens is 1. The van der Waals surface area contributed by atoms with Crippen LogP contribution in [-0.2, 0) is 21.4 Å². The number of sulfonamides is 1. The number of piperazine rings is 1. The zero-order chi connectivity index (χ0) is 29.1. The normalized spacial score (nSPS) is 17.3. The minimum atomic E-state index is -3.75. The predicted molar refractivity (Wildman–Crippen MR) is 164 cm³/mol. The molecule has 1 amide bonds. The Hall–Kier alpha value is -3.26. The Balaban J connectivity index is 0.973. The Kier molecular flexibility index (Phi) is 8.61. The molecule has 3 aromatic heterocycles. The highest BCUT2D eigenvalue weighted by Gasteiger charge is 2.35. The summed E-state index contributed by atoms with van der Waals surface area (Å²) in [5.41, 5.74) is 0. The molecule has 0 unspecified atom stereocenters. The van der Waals surface area contributed by atoms with Gasteiger partial charge in [0, 0.05) is 74.1 Å². The van der Waals surface area contributed by atoms with Crippen molar-refractivity contribution in [3.05, 3.63) is 60.3 Å². The van der Waals surface area contributed by atoms with Crippen molar-refractivity contribution in [1.82, 2.24) is 28.7 Å². The number of benzene rings is 1. The third-order valence-electron chi connectivity index (χ3n) is 7.83.